The smallest absolute Gasteiger partial charge is 0.225 e. The number of morpholine rings is 1. The lowest BCUT2D eigenvalue weighted by Crippen LogP contribution is -2.42. The number of nitrogens with one attached hydrogen (secondary N) is 1. The van der Waals surface area contributed by atoms with Gasteiger partial charge in [0.15, 0.2) is 0 Å². The molecule has 130 valence electrons. The Kier molecular flexibility index (Phi) is 5.77. The van der Waals surface area contributed by atoms with Gasteiger partial charge >= 0.3 is 0 Å². The number of aromatic nitrogens is 1. The average Bonchev–Trinajstić information content (AvgIpc) is 3.00. The molecule has 2 saturated heterocycles. The third-order valence-electron chi connectivity index (χ3n) is 4.59. The van der Waals surface area contributed by atoms with Gasteiger partial charge in [-0.15, -0.1) is 0 Å². The fraction of sp³-hybridized carbons (Fsp3) is 0.588. The van der Waals surface area contributed by atoms with Crippen molar-refractivity contribution in [2.75, 3.05) is 45.9 Å². The minimum Gasteiger partial charge on any atom is -0.379 e. The Labute approximate surface area is 142 Å². The van der Waals surface area contributed by atoms with Gasteiger partial charge in [-0.05, 0) is 17.7 Å². The molecule has 2 aliphatic heterocycles. The van der Waals surface area contributed by atoms with E-state index in [0.717, 1.165) is 38.4 Å². The van der Waals surface area contributed by atoms with Crippen LogP contribution in [-0.4, -0.2) is 72.5 Å². The predicted molar refractivity (Wildman–Crippen MR) is 88.0 cm³/mol. The number of carbonyl (C=O) groups is 2. The van der Waals surface area contributed by atoms with Crippen LogP contribution in [0.2, 0.25) is 0 Å². The van der Waals surface area contributed by atoms with Gasteiger partial charge in [0.1, 0.15) is 0 Å². The molecule has 0 spiro atoms. The van der Waals surface area contributed by atoms with Crippen LogP contribution >= 0.6 is 0 Å². The molecule has 7 nitrogen and oxygen atoms in total. The molecule has 0 bridgehead atoms. The molecule has 3 rings (SSSR count). The lowest BCUT2D eigenvalue weighted by Gasteiger charge is -2.28. The molecule has 1 unspecified atom stereocenters. The van der Waals surface area contributed by atoms with Crippen LogP contribution in [0, 0.1) is 5.92 Å². The first-order valence-electron chi connectivity index (χ1n) is 8.47. The van der Waals surface area contributed by atoms with Crippen molar-refractivity contribution in [2.45, 2.75) is 13.0 Å². The Hall–Kier alpha value is -1.99. The van der Waals surface area contributed by atoms with Gasteiger partial charge in [-0.2, -0.15) is 0 Å². The van der Waals surface area contributed by atoms with E-state index >= 15 is 0 Å². The first-order chi connectivity index (χ1) is 11.7. The normalized spacial score (nSPS) is 21.9. The van der Waals surface area contributed by atoms with Crippen LogP contribution < -0.4 is 5.32 Å². The summed E-state index contributed by atoms with van der Waals surface area (Å²) in [5.41, 5.74) is 1.01. The van der Waals surface area contributed by atoms with Gasteiger partial charge in [-0.3, -0.25) is 19.5 Å². The van der Waals surface area contributed by atoms with Crippen LogP contribution in [0.3, 0.4) is 0 Å². The van der Waals surface area contributed by atoms with E-state index in [1.54, 1.807) is 12.4 Å². The van der Waals surface area contributed by atoms with Gasteiger partial charge in [0.25, 0.3) is 0 Å². The second kappa shape index (κ2) is 8.21. The Bertz CT molecular complexity index is 560. The molecule has 3 heterocycles. The molecule has 7 heteroatoms. The maximum Gasteiger partial charge on any atom is 0.225 e. The average molecular weight is 332 g/mol. The summed E-state index contributed by atoms with van der Waals surface area (Å²) in [7, 11) is 0. The zero-order valence-corrected chi connectivity index (χ0v) is 13.8. The number of hydrogen-bond donors (Lipinski definition) is 1. The summed E-state index contributed by atoms with van der Waals surface area (Å²) in [6.07, 6.45) is 3.72. The van der Waals surface area contributed by atoms with Crippen molar-refractivity contribution in [3.05, 3.63) is 30.1 Å². The summed E-state index contributed by atoms with van der Waals surface area (Å²) in [5.74, 6) is -0.217. The highest BCUT2D eigenvalue weighted by Crippen LogP contribution is 2.18. The number of rotatable bonds is 6. The van der Waals surface area contributed by atoms with Crippen LogP contribution in [0.15, 0.2) is 24.5 Å². The van der Waals surface area contributed by atoms with Gasteiger partial charge in [-0.25, -0.2) is 0 Å². The summed E-state index contributed by atoms with van der Waals surface area (Å²) in [4.78, 5) is 32.5. The minimum atomic E-state index is -0.246. The lowest BCUT2D eigenvalue weighted by atomic mass is 10.1. The fourth-order valence-electron chi connectivity index (χ4n) is 3.08. The molecule has 24 heavy (non-hydrogen) atoms. The first-order valence-corrected chi connectivity index (χ1v) is 8.47. The molecule has 0 aliphatic carbocycles. The summed E-state index contributed by atoms with van der Waals surface area (Å²) in [6.45, 7) is 5.87. The second-order valence-corrected chi connectivity index (χ2v) is 6.27. The van der Waals surface area contributed by atoms with Crippen molar-refractivity contribution in [1.29, 1.82) is 0 Å². The van der Waals surface area contributed by atoms with Crippen LogP contribution in [0.1, 0.15) is 12.0 Å². The number of ether oxygens (including phenoxy) is 1. The third kappa shape index (κ3) is 4.52. The highest BCUT2D eigenvalue weighted by Gasteiger charge is 2.34. The Morgan fingerprint density at radius 2 is 2.00 bits per heavy atom. The molecule has 1 aromatic rings. The van der Waals surface area contributed by atoms with E-state index < -0.39 is 0 Å². The van der Waals surface area contributed by atoms with E-state index in [9.17, 15) is 9.59 Å². The summed E-state index contributed by atoms with van der Waals surface area (Å²) in [6, 6.07) is 3.74. The molecular weight excluding hydrogens is 308 g/mol. The maximum absolute atomic E-state index is 12.3. The van der Waals surface area contributed by atoms with Crippen LogP contribution in [0.4, 0.5) is 0 Å². The molecule has 0 saturated carbocycles. The molecule has 2 amide bonds. The van der Waals surface area contributed by atoms with Crippen molar-refractivity contribution >= 4 is 11.8 Å². The van der Waals surface area contributed by atoms with Gasteiger partial charge in [0.2, 0.25) is 11.8 Å². The lowest BCUT2D eigenvalue weighted by molar-refractivity contribution is -0.129. The number of amides is 2. The molecule has 1 N–H and O–H groups in total. The number of hydrogen-bond acceptors (Lipinski definition) is 5. The molecule has 1 atom stereocenters. The predicted octanol–water partition coefficient (Wildman–Crippen LogP) is -0.121. The molecule has 1 aromatic heterocycles. The minimum absolute atomic E-state index is 0.0472. The Morgan fingerprint density at radius 3 is 2.75 bits per heavy atom. The standard InChI is InChI=1S/C17H24N4O3/c22-16-11-15(17(23)19-12-14-1-3-18-4-2-14)13-21(16)6-5-20-7-9-24-10-8-20/h1-4,15H,5-13H2,(H,19,23). The topological polar surface area (TPSA) is 74.8 Å². The van der Waals surface area contributed by atoms with E-state index in [-0.39, 0.29) is 17.7 Å². The fourth-order valence-corrected chi connectivity index (χ4v) is 3.08. The van der Waals surface area contributed by atoms with Gasteiger partial charge < -0.3 is 15.0 Å². The highest BCUT2D eigenvalue weighted by atomic mass is 16.5. The number of nitrogens with zero attached hydrogens (tertiary/aromatic N) is 3. The zero-order chi connectivity index (χ0) is 16.8. The van der Waals surface area contributed by atoms with Crippen LogP contribution in [0.25, 0.3) is 0 Å². The van der Waals surface area contributed by atoms with E-state index in [0.29, 0.717) is 26.1 Å². The SMILES string of the molecule is O=C(NCc1ccncc1)C1CC(=O)N(CCN2CCOCC2)C1. The zero-order valence-electron chi connectivity index (χ0n) is 13.8. The van der Waals surface area contributed by atoms with Crippen molar-refractivity contribution in [3.63, 3.8) is 0 Å². The Balaban J connectivity index is 1.42. The summed E-state index contributed by atoms with van der Waals surface area (Å²) < 4.78 is 5.33. The van der Waals surface area contributed by atoms with Crippen molar-refractivity contribution < 1.29 is 14.3 Å². The van der Waals surface area contributed by atoms with Crippen molar-refractivity contribution in [3.8, 4) is 0 Å². The molecule has 2 aliphatic rings. The highest BCUT2D eigenvalue weighted by molar-refractivity contribution is 5.89. The third-order valence-corrected chi connectivity index (χ3v) is 4.59. The van der Waals surface area contributed by atoms with Gasteiger partial charge in [-0.1, -0.05) is 0 Å². The van der Waals surface area contributed by atoms with E-state index in [2.05, 4.69) is 15.2 Å². The van der Waals surface area contributed by atoms with E-state index in [1.165, 1.54) is 0 Å². The quantitative estimate of drug-likeness (QED) is 0.786. The molecule has 0 aromatic carbocycles. The molecular formula is C17H24N4O3. The molecule has 0 radical (unpaired) electrons. The number of carbonyl (C=O) groups excluding carboxylic acids is 2. The number of pyridine rings is 1. The number of likely N-dealkylation sites (tertiary alicyclic amines) is 1. The van der Waals surface area contributed by atoms with Crippen molar-refractivity contribution in [1.82, 2.24) is 20.1 Å². The summed E-state index contributed by atoms with van der Waals surface area (Å²) in [5, 5.41) is 2.91. The van der Waals surface area contributed by atoms with Crippen molar-refractivity contribution in [2.24, 2.45) is 5.92 Å². The maximum atomic E-state index is 12.3. The molecule has 2 fully saturated rings. The Morgan fingerprint density at radius 1 is 1.25 bits per heavy atom. The van der Waals surface area contributed by atoms with Crippen LogP contribution in [0.5, 0.6) is 0 Å². The summed E-state index contributed by atoms with van der Waals surface area (Å²) >= 11 is 0. The largest absolute Gasteiger partial charge is 0.379 e. The first kappa shape index (κ1) is 16.9. The van der Waals surface area contributed by atoms with Gasteiger partial charge in [0, 0.05) is 58.1 Å². The second-order valence-electron chi connectivity index (χ2n) is 6.27. The van der Waals surface area contributed by atoms with E-state index in [4.69, 9.17) is 4.74 Å². The van der Waals surface area contributed by atoms with Crippen LogP contribution in [-0.2, 0) is 20.9 Å². The van der Waals surface area contributed by atoms with Gasteiger partial charge in [0.05, 0.1) is 19.1 Å². The van der Waals surface area contributed by atoms with E-state index in [1.807, 2.05) is 17.0 Å². The monoisotopic (exact) mass is 332 g/mol.